The lowest BCUT2D eigenvalue weighted by Crippen LogP contribution is -2.20. The van der Waals surface area contributed by atoms with Gasteiger partial charge in [-0.15, -0.1) is 0 Å². The molecule has 0 atom stereocenters. The zero-order chi connectivity index (χ0) is 15.7. The number of aliphatic hydroxyl groups is 1. The van der Waals surface area contributed by atoms with Crippen LogP contribution in [0.4, 0.5) is 0 Å². The minimum atomic E-state index is 0.143. The normalized spacial score (nSPS) is 22.4. The van der Waals surface area contributed by atoms with Gasteiger partial charge in [-0.2, -0.15) is 5.10 Å². The summed E-state index contributed by atoms with van der Waals surface area (Å²) in [6, 6.07) is 4.54. The van der Waals surface area contributed by atoms with Gasteiger partial charge in [0.15, 0.2) is 0 Å². The molecule has 1 aromatic carbocycles. The highest BCUT2D eigenvalue weighted by atomic mass is 79.9. The molecule has 1 aromatic heterocycles. The predicted molar refractivity (Wildman–Crippen MR) is 91.3 cm³/mol. The second kappa shape index (κ2) is 6.59. The van der Waals surface area contributed by atoms with Crippen molar-refractivity contribution in [1.29, 1.82) is 0 Å². The van der Waals surface area contributed by atoms with E-state index in [1.54, 1.807) is 0 Å². The maximum atomic E-state index is 9.25. The molecule has 1 saturated carbocycles. The Morgan fingerprint density at radius 3 is 2.68 bits per heavy atom. The molecule has 0 bridgehead atoms. The van der Waals surface area contributed by atoms with Gasteiger partial charge in [0.2, 0.25) is 0 Å². The SMILES string of the molecule is CC(C)Oc1cc2nn(C3CCC(CO)CC3)cc2cc1Br. The number of benzene rings is 1. The van der Waals surface area contributed by atoms with E-state index in [-0.39, 0.29) is 6.10 Å². The Hall–Kier alpha value is -1.07. The molecular weight excluding hydrogens is 344 g/mol. The molecule has 1 aliphatic rings. The Labute approximate surface area is 139 Å². The van der Waals surface area contributed by atoms with E-state index in [4.69, 9.17) is 9.84 Å². The van der Waals surface area contributed by atoms with Gasteiger partial charge < -0.3 is 9.84 Å². The van der Waals surface area contributed by atoms with Crippen molar-refractivity contribution in [3.63, 3.8) is 0 Å². The fourth-order valence-corrected chi connectivity index (χ4v) is 3.62. The van der Waals surface area contributed by atoms with Crippen molar-refractivity contribution in [2.75, 3.05) is 6.61 Å². The minimum Gasteiger partial charge on any atom is -0.490 e. The van der Waals surface area contributed by atoms with Crippen LogP contribution in [0.15, 0.2) is 22.8 Å². The molecule has 0 aliphatic heterocycles. The Morgan fingerprint density at radius 1 is 1.32 bits per heavy atom. The van der Waals surface area contributed by atoms with Gasteiger partial charge in [-0.25, -0.2) is 0 Å². The average molecular weight is 367 g/mol. The first-order chi connectivity index (χ1) is 10.6. The maximum Gasteiger partial charge on any atom is 0.136 e. The molecule has 22 heavy (non-hydrogen) atoms. The van der Waals surface area contributed by atoms with Crippen LogP contribution in [-0.2, 0) is 0 Å². The Kier molecular flexibility index (Phi) is 4.73. The van der Waals surface area contributed by atoms with Gasteiger partial charge in [0.25, 0.3) is 0 Å². The number of nitrogens with zero attached hydrogens (tertiary/aromatic N) is 2. The number of hydrogen-bond donors (Lipinski definition) is 1. The molecule has 120 valence electrons. The summed E-state index contributed by atoms with van der Waals surface area (Å²) in [5, 5.41) is 15.1. The molecule has 0 saturated heterocycles. The summed E-state index contributed by atoms with van der Waals surface area (Å²) < 4.78 is 8.88. The quantitative estimate of drug-likeness (QED) is 0.876. The second-order valence-electron chi connectivity index (χ2n) is 6.47. The summed E-state index contributed by atoms with van der Waals surface area (Å²) in [5.41, 5.74) is 0.975. The standard InChI is InChI=1S/C17H23BrN2O2/c1-11(2)22-17-8-16-13(7-15(17)18)9-20(19-16)14-5-3-12(10-21)4-6-14/h7-9,11-12,14,21H,3-6,10H2,1-2H3. The molecule has 0 unspecified atom stereocenters. The number of fused-ring (bicyclic) bond motifs is 1. The van der Waals surface area contributed by atoms with Gasteiger partial charge >= 0.3 is 0 Å². The zero-order valence-corrected chi connectivity index (χ0v) is 14.7. The minimum absolute atomic E-state index is 0.143. The van der Waals surface area contributed by atoms with Crippen LogP contribution in [0.2, 0.25) is 0 Å². The van der Waals surface area contributed by atoms with Crippen molar-refractivity contribution < 1.29 is 9.84 Å². The van der Waals surface area contributed by atoms with E-state index in [2.05, 4.69) is 32.9 Å². The van der Waals surface area contributed by atoms with Crippen molar-refractivity contribution in [3.8, 4) is 5.75 Å². The number of rotatable bonds is 4. The number of aromatic nitrogens is 2. The lowest BCUT2D eigenvalue weighted by molar-refractivity contribution is 0.165. The van der Waals surface area contributed by atoms with Crippen molar-refractivity contribution in [2.24, 2.45) is 5.92 Å². The van der Waals surface area contributed by atoms with Crippen LogP contribution in [0.5, 0.6) is 5.75 Å². The van der Waals surface area contributed by atoms with E-state index in [9.17, 15) is 5.11 Å². The molecule has 3 rings (SSSR count). The van der Waals surface area contributed by atoms with Crippen molar-refractivity contribution >= 4 is 26.8 Å². The molecule has 1 fully saturated rings. The van der Waals surface area contributed by atoms with E-state index < -0.39 is 0 Å². The molecule has 4 nitrogen and oxygen atoms in total. The van der Waals surface area contributed by atoms with E-state index in [1.165, 1.54) is 0 Å². The van der Waals surface area contributed by atoms with Crippen LogP contribution in [0.1, 0.15) is 45.6 Å². The highest BCUT2D eigenvalue weighted by Crippen LogP contribution is 2.35. The first-order valence-corrected chi connectivity index (χ1v) is 8.82. The van der Waals surface area contributed by atoms with E-state index >= 15 is 0 Å². The summed E-state index contributed by atoms with van der Waals surface area (Å²) in [7, 11) is 0. The summed E-state index contributed by atoms with van der Waals surface area (Å²) in [5.74, 6) is 1.32. The van der Waals surface area contributed by atoms with E-state index in [1.807, 2.05) is 19.9 Å². The Balaban J connectivity index is 1.84. The molecule has 1 aliphatic carbocycles. The summed E-state index contributed by atoms with van der Waals surface area (Å²) >= 11 is 3.58. The van der Waals surface area contributed by atoms with Crippen molar-refractivity contribution in [1.82, 2.24) is 9.78 Å². The molecule has 1 heterocycles. The van der Waals surface area contributed by atoms with Crippen LogP contribution in [0.3, 0.4) is 0 Å². The van der Waals surface area contributed by atoms with Gasteiger partial charge in [-0.1, -0.05) is 0 Å². The molecule has 0 spiro atoms. The first kappa shape index (κ1) is 15.8. The monoisotopic (exact) mass is 366 g/mol. The molecular formula is C17H23BrN2O2. The van der Waals surface area contributed by atoms with Crippen LogP contribution in [0.25, 0.3) is 10.9 Å². The Morgan fingerprint density at radius 2 is 2.05 bits per heavy atom. The smallest absolute Gasteiger partial charge is 0.136 e. The molecule has 2 aromatic rings. The van der Waals surface area contributed by atoms with E-state index in [0.717, 1.165) is 46.8 Å². The topological polar surface area (TPSA) is 47.3 Å². The van der Waals surface area contributed by atoms with Crippen LogP contribution < -0.4 is 4.74 Å². The molecule has 1 N–H and O–H groups in total. The third-order valence-corrected chi connectivity index (χ3v) is 5.01. The van der Waals surface area contributed by atoms with Crippen LogP contribution >= 0.6 is 15.9 Å². The summed E-state index contributed by atoms with van der Waals surface area (Å²) in [6.07, 6.45) is 6.63. The lowest BCUT2D eigenvalue weighted by Gasteiger charge is -2.27. The molecule has 0 amide bonds. The maximum absolute atomic E-state index is 9.25. The second-order valence-corrected chi connectivity index (χ2v) is 7.33. The number of aliphatic hydroxyl groups excluding tert-OH is 1. The van der Waals surface area contributed by atoms with Gasteiger partial charge in [-0.3, -0.25) is 4.68 Å². The van der Waals surface area contributed by atoms with E-state index in [0.29, 0.717) is 18.6 Å². The highest BCUT2D eigenvalue weighted by Gasteiger charge is 2.22. The third kappa shape index (κ3) is 3.30. The lowest BCUT2D eigenvalue weighted by atomic mass is 9.87. The van der Waals surface area contributed by atoms with Crippen molar-refractivity contribution in [2.45, 2.75) is 51.7 Å². The largest absolute Gasteiger partial charge is 0.490 e. The summed E-state index contributed by atoms with van der Waals surface area (Å²) in [6.45, 7) is 4.36. The van der Waals surface area contributed by atoms with Crippen molar-refractivity contribution in [3.05, 3.63) is 22.8 Å². The number of hydrogen-bond acceptors (Lipinski definition) is 3. The first-order valence-electron chi connectivity index (χ1n) is 8.02. The summed E-state index contributed by atoms with van der Waals surface area (Å²) in [4.78, 5) is 0. The fourth-order valence-electron chi connectivity index (χ4n) is 3.17. The van der Waals surface area contributed by atoms with Gasteiger partial charge in [-0.05, 0) is 67.4 Å². The fraction of sp³-hybridized carbons (Fsp3) is 0.588. The predicted octanol–water partition coefficient (Wildman–Crippen LogP) is 4.31. The van der Waals surface area contributed by atoms with Crippen LogP contribution in [-0.4, -0.2) is 27.6 Å². The molecule has 0 radical (unpaired) electrons. The third-order valence-electron chi connectivity index (χ3n) is 4.39. The molecule has 5 heteroatoms. The highest BCUT2D eigenvalue weighted by molar-refractivity contribution is 9.10. The van der Waals surface area contributed by atoms with Crippen LogP contribution in [0, 0.1) is 5.92 Å². The average Bonchev–Trinajstić information content (AvgIpc) is 2.90. The van der Waals surface area contributed by atoms with Gasteiger partial charge in [0.05, 0.1) is 22.1 Å². The Bertz CT molecular complexity index is 645. The zero-order valence-electron chi connectivity index (χ0n) is 13.1. The number of ether oxygens (including phenoxy) is 1. The number of halogens is 1. The van der Waals surface area contributed by atoms with Gasteiger partial charge in [0, 0.05) is 24.3 Å². The van der Waals surface area contributed by atoms with Gasteiger partial charge in [0.1, 0.15) is 5.75 Å².